The summed E-state index contributed by atoms with van der Waals surface area (Å²) in [6, 6.07) is 6.12. The number of piperidine rings is 1. The predicted molar refractivity (Wildman–Crippen MR) is 81.7 cm³/mol. The lowest BCUT2D eigenvalue weighted by Crippen LogP contribution is -2.45. The van der Waals surface area contributed by atoms with Crippen LogP contribution in [0.4, 0.5) is 4.39 Å². The number of hydrogen-bond acceptors (Lipinski definition) is 4. The molecule has 1 saturated carbocycles. The molecule has 23 heavy (non-hydrogen) atoms. The molecule has 1 aromatic carbocycles. The van der Waals surface area contributed by atoms with Crippen molar-refractivity contribution in [2.45, 2.75) is 37.9 Å². The monoisotopic (exact) mass is 321 g/mol. The minimum absolute atomic E-state index is 0.0624. The highest BCUT2D eigenvalue weighted by atomic mass is 19.1. The van der Waals surface area contributed by atoms with Crippen molar-refractivity contribution in [2.75, 3.05) is 13.1 Å². The average molecular weight is 321 g/mol. The topological polar surface area (TPSA) is 75.5 Å². The van der Waals surface area contributed by atoms with Gasteiger partial charge in [0.1, 0.15) is 11.7 Å². The second-order valence-electron chi connectivity index (χ2n) is 6.35. The highest BCUT2D eigenvalue weighted by Gasteiger charge is 2.53. The minimum Gasteiger partial charge on any atom is -0.353 e. The Morgan fingerprint density at radius 2 is 2.04 bits per heavy atom. The second-order valence-corrected chi connectivity index (χ2v) is 6.35. The summed E-state index contributed by atoms with van der Waals surface area (Å²) in [4.78, 5) is 24.3. The van der Waals surface area contributed by atoms with E-state index in [9.17, 15) is 19.3 Å². The number of nitrogens with one attached hydrogen (secondary N) is 1. The molecule has 2 fully saturated rings. The molecular formula is C16H20FN3O3. The van der Waals surface area contributed by atoms with E-state index in [0.29, 0.717) is 18.5 Å². The maximum absolute atomic E-state index is 13.7. The van der Waals surface area contributed by atoms with Crippen LogP contribution in [0.5, 0.6) is 0 Å². The Morgan fingerprint density at radius 3 is 2.65 bits per heavy atom. The van der Waals surface area contributed by atoms with Gasteiger partial charge in [-0.1, -0.05) is 18.2 Å². The number of halogens is 1. The molecule has 2 atom stereocenters. The van der Waals surface area contributed by atoms with Crippen LogP contribution in [-0.2, 0) is 11.3 Å². The van der Waals surface area contributed by atoms with Crippen molar-refractivity contribution in [1.82, 2.24) is 10.2 Å². The highest BCUT2D eigenvalue weighted by Crippen LogP contribution is 2.33. The fourth-order valence-electron chi connectivity index (χ4n) is 3.11. The van der Waals surface area contributed by atoms with Crippen LogP contribution in [0.15, 0.2) is 24.3 Å². The molecule has 0 bridgehead atoms. The van der Waals surface area contributed by atoms with Gasteiger partial charge in [0.05, 0.1) is 0 Å². The van der Waals surface area contributed by atoms with Crippen LogP contribution >= 0.6 is 0 Å². The Kier molecular flexibility index (Phi) is 4.56. The molecule has 1 aromatic rings. The molecule has 2 aliphatic rings. The molecule has 1 saturated heterocycles. The average Bonchev–Trinajstić information content (AvgIpc) is 3.32. The maximum Gasteiger partial charge on any atom is 0.230 e. The van der Waals surface area contributed by atoms with E-state index in [1.807, 2.05) is 6.07 Å². The van der Waals surface area contributed by atoms with Crippen LogP contribution in [0.3, 0.4) is 0 Å². The van der Waals surface area contributed by atoms with Crippen LogP contribution in [0.2, 0.25) is 0 Å². The van der Waals surface area contributed by atoms with Gasteiger partial charge in [0.2, 0.25) is 11.9 Å². The molecule has 6 nitrogen and oxygen atoms in total. The van der Waals surface area contributed by atoms with E-state index in [-0.39, 0.29) is 22.7 Å². The van der Waals surface area contributed by atoms with Crippen molar-refractivity contribution in [2.24, 2.45) is 5.92 Å². The lowest BCUT2D eigenvalue weighted by Gasteiger charge is -2.32. The third-order valence-corrected chi connectivity index (χ3v) is 4.65. The van der Waals surface area contributed by atoms with E-state index in [0.717, 1.165) is 25.9 Å². The molecule has 0 aromatic heterocycles. The minimum atomic E-state index is -0.698. The molecule has 124 valence electrons. The number of rotatable bonds is 5. The van der Waals surface area contributed by atoms with Gasteiger partial charge in [0.25, 0.3) is 0 Å². The number of benzene rings is 1. The van der Waals surface area contributed by atoms with E-state index in [1.54, 1.807) is 12.1 Å². The summed E-state index contributed by atoms with van der Waals surface area (Å²) < 4.78 is 13.7. The van der Waals surface area contributed by atoms with E-state index < -0.39 is 12.0 Å². The Balaban J connectivity index is 1.43. The molecule has 1 aliphatic carbocycles. The first kappa shape index (κ1) is 15.9. The molecule has 1 heterocycles. The lowest BCUT2D eigenvalue weighted by molar-refractivity contribution is -0.497. The molecule has 1 aliphatic heterocycles. The van der Waals surface area contributed by atoms with E-state index >= 15 is 0 Å². The van der Waals surface area contributed by atoms with Gasteiger partial charge in [-0.25, -0.2) is 4.39 Å². The van der Waals surface area contributed by atoms with E-state index in [4.69, 9.17) is 0 Å². The number of amides is 1. The summed E-state index contributed by atoms with van der Waals surface area (Å²) in [5.41, 5.74) is 0.682. The van der Waals surface area contributed by atoms with Gasteiger partial charge < -0.3 is 5.32 Å². The van der Waals surface area contributed by atoms with Crippen molar-refractivity contribution in [3.8, 4) is 0 Å². The third-order valence-electron chi connectivity index (χ3n) is 4.65. The van der Waals surface area contributed by atoms with Crippen molar-refractivity contribution in [1.29, 1.82) is 0 Å². The van der Waals surface area contributed by atoms with Crippen LogP contribution in [0, 0.1) is 21.8 Å². The summed E-state index contributed by atoms with van der Waals surface area (Å²) in [5, 5.41) is 13.5. The van der Waals surface area contributed by atoms with Crippen LogP contribution in [0.1, 0.15) is 24.8 Å². The zero-order chi connectivity index (χ0) is 16.4. The van der Waals surface area contributed by atoms with Gasteiger partial charge in [-0.05, 0) is 18.9 Å². The molecule has 0 radical (unpaired) electrons. The first-order valence-corrected chi connectivity index (χ1v) is 7.94. The fourth-order valence-corrected chi connectivity index (χ4v) is 3.11. The smallest absolute Gasteiger partial charge is 0.230 e. The van der Waals surface area contributed by atoms with Crippen LogP contribution in [-0.4, -0.2) is 40.9 Å². The number of likely N-dealkylation sites (tertiary alicyclic amines) is 1. The summed E-state index contributed by atoms with van der Waals surface area (Å²) in [5.74, 6) is -0.844. The van der Waals surface area contributed by atoms with Gasteiger partial charge in [-0.3, -0.25) is 19.8 Å². The van der Waals surface area contributed by atoms with Crippen molar-refractivity contribution >= 4 is 5.91 Å². The van der Waals surface area contributed by atoms with Gasteiger partial charge in [0.15, 0.2) is 0 Å². The first-order valence-electron chi connectivity index (χ1n) is 7.94. The van der Waals surface area contributed by atoms with Crippen molar-refractivity contribution in [3.05, 3.63) is 45.8 Å². The second kappa shape index (κ2) is 6.62. The van der Waals surface area contributed by atoms with E-state index in [1.165, 1.54) is 6.07 Å². The molecular weight excluding hydrogens is 301 g/mol. The molecule has 1 amide bonds. The van der Waals surface area contributed by atoms with Crippen molar-refractivity contribution in [3.63, 3.8) is 0 Å². The third kappa shape index (κ3) is 3.85. The summed E-state index contributed by atoms with van der Waals surface area (Å²) in [6.07, 6.45) is 1.93. The standard InChI is InChI=1S/C16H20FN3O3/c17-14-4-2-1-3-11(14)10-19-7-5-12(6-8-19)18-16(21)13-9-15(13)20(22)23/h1-4,12-13,15H,5-10H2,(H,18,21)/t13-,15+/m0/s1. The Morgan fingerprint density at radius 1 is 1.35 bits per heavy atom. The molecule has 3 rings (SSSR count). The number of hydrogen-bond donors (Lipinski definition) is 1. The first-order chi connectivity index (χ1) is 11.0. The summed E-state index contributed by atoms with van der Waals surface area (Å²) in [7, 11) is 0. The Hall–Kier alpha value is -2.02. The van der Waals surface area contributed by atoms with Crippen LogP contribution < -0.4 is 5.32 Å². The molecule has 0 spiro atoms. The largest absolute Gasteiger partial charge is 0.353 e. The normalized spacial score (nSPS) is 25.1. The van der Waals surface area contributed by atoms with Crippen molar-refractivity contribution < 1.29 is 14.1 Å². The maximum atomic E-state index is 13.7. The number of carbonyl (C=O) groups excluding carboxylic acids is 1. The van der Waals surface area contributed by atoms with Gasteiger partial charge >= 0.3 is 0 Å². The quantitative estimate of drug-likeness (QED) is 0.660. The number of carbonyl (C=O) groups is 1. The highest BCUT2D eigenvalue weighted by molar-refractivity contribution is 5.82. The molecule has 7 heteroatoms. The van der Waals surface area contributed by atoms with Gasteiger partial charge in [-0.2, -0.15) is 0 Å². The summed E-state index contributed by atoms with van der Waals surface area (Å²) >= 11 is 0. The zero-order valence-electron chi connectivity index (χ0n) is 12.8. The Bertz CT molecular complexity index is 602. The van der Waals surface area contributed by atoms with E-state index in [2.05, 4.69) is 10.2 Å². The number of nitrogens with zero attached hydrogens (tertiary/aromatic N) is 2. The molecule has 1 N–H and O–H groups in total. The Labute approximate surface area is 133 Å². The van der Waals surface area contributed by atoms with Gasteiger partial charge in [0, 0.05) is 42.6 Å². The zero-order valence-corrected chi connectivity index (χ0v) is 12.8. The van der Waals surface area contributed by atoms with Crippen LogP contribution in [0.25, 0.3) is 0 Å². The summed E-state index contributed by atoms with van der Waals surface area (Å²) in [6.45, 7) is 2.13. The predicted octanol–water partition coefficient (Wildman–Crippen LogP) is 1.57. The lowest BCUT2D eigenvalue weighted by atomic mass is 10.0. The fraction of sp³-hybridized carbons (Fsp3) is 0.562. The molecule has 0 unspecified atom stereocenters. The number of nitro groups is 1. The SMILES string of the molecule is O=C(NC1CCN(Cc2ccccc2F)CC1)[C@H]1C[C@H]1[N+](=O)[O-]. The van der Waals surface area contributed by atoms with Gasteiger partial charge in [-0.15, -0.1) is 0 Å².